The Morgan fingerprint density at radius 1 is 1.48 bits per heavy atom. The van der Waals surface area contributed by atoms with E-state index in [9.17, 15) is 0 Å². The lowest BCUT2D eigenvalue weighted by atomic mass is 9.96. The number of hydrogen-bond acceptors (Lipinski definition) is 4. The first-order valence-electron chi connectivity index (χ1n) is 7.81. The lowest BCUT2D eigenvalue weighted by Gasteiger charge is -2.39. The second kappa shape index (κ2) is 6.78. The molecule has 0 amide bonds. The number of oxime groups is 1. The predicted molar refractivity (Wildman–Crippen MR) is 86.1 cm³/mol. The second-order valence-corrected chi connectivity index (χ2v) is 5.86. The van der Waals surface area contributed by atoms with Crippen molar-refractivity contribution >= 4 is 11.5 Å². The lowest BCUT2D eigenvalue weighted by Crippen LogP contribution is -2.41. The van der Waals surface area contributed by atoms with Crippen LogP contribution in [0.25, 0.3) is 0 Å². The highest BCUT2D eigenvalue weighted by Crippen LogP contribution is 2.31. The summed E-state index contributed by atoms with van der Waals surface area (Å²) in [6.45, 7) is 7.16. The van der Waals surface area contributed by atoms with Crippen molar-refractivity contribution in [2.24, 2.45) is 10.9 Å². The summed E-state index contributed by atoms with van der Waals surface area (Å²) >= 11 is 0. The molecule has 5 nitrogen and oxygen atoms in total. The zero-order valence-corrected chi connectivity index (χ0v) is 13.3. The van der Waals surface area contributed by atoms with Crippen molar-refractivity contribution in [2.75, 3.05) is 11.4 Å². The van der Waals surface area contributed by atoms with Crippen LogP contribution in [-0.4, -0.2) is 28.6 Å². The molecular weight excluding hydrogens is 264 g/mol. The zero-order chi connectivity index (χ0) is 15.4. The molecule has 1 aliphatic rings. The van der Waals surface area contributed by atoms with Crippen molar-refractivity contribution < 1.29 is 5.21 Å². The van der Waals surface area contributed by atoms with E-state index in [4.69, 9.17) is 10.9 Å². The highest BCUT2D eigenvalue weighted by molar-refractivity contribution is 6.03. The Balaban J connectivity index is 2.49. The fraction of sp³-hybridized carbons (Fsp3) is 0.625. The van der Waals surface area contributed by atoms with Crippen LogP contribution in [0.15, 0.2) is 11.2 Å². The molecule has 1 aliphatic heterocycles. The van der Waals surface area contributed by atoms with Crippen molar-refractivity contribution in [3.63, 3.8) is 0 Å². The molecule has 0 radical (unpaired) electrons. The van der Waals surface area contributed by atoms with Crippen LogP contribution >= 0.6 is 0 Å². The average Bonchev–Trinajstić information content (AvgIpc) is 2.46. The van der Waals surface area contributed by atoms with Gasteiger partial charge in [0.05, 0.1) is 16.9 Å². The number of aryl methyl sites for hydroxylation is 2. The molecule has 21 heavy (non-hydrogen) atoms. The first kappa shape index (κ1) is 15.6. The highest BCUT2D eigenvalue weighted by atomic mass is 16.4. The van der Waals surface area contributed by atoms with E-state index in [0.717, 1.165) is 29.2 Å². The normalized spacial score (nSPS) is 19.9. The van der Waals surface area contributed by atoms with Gasteiger partial charge in [-0.2, -0.15) is 0 Å². The van der Waals surface area contributed by atoms with Gasteiger partial charge >= 0.3 is 0 Å². The van der Waals surface area contributed by atoms with Crippen LogP contribution < -0.4 is 10.6 Å². The second-order valence-electron chi connectivity index (χ2n) is 5.86. The summed E-state index contributed by atoms with van der Waals surface area (Å²) in [6.07, 6.45) is 6.03. The van der Waals surface area contributed by atoms with Gasteiger partial charge in [-0.05, 0) is 45.6 Å². The number of aromatic nitrogens is 1. The van der Waals surface area contributed by atoms with E-state index >= 15 is 0 Å². The third-order valence-corrected chi connectivity index (χ3v) is 4.23. The van der Waals surface area contributed by atoms with Crippen molar-refractivity contribution in [2.45, 2.75) is 58.9 Å². The fourth-order valence-electron chi connectivity index (χ4n) is 3.35. The molecule has 0 aromatic carbocycles. The van der Waals surface area contributed by atoms with E-state index in [2.05, 4.69) is 28.0 Å². The van der Waals surface area contributed by atoms with Crippen molar-refractivity contribution in [1.82, 2.24) is 4.98 Å². The van der Waals surface area contributed by atoms with Gasteiger partial charge in [-0.3, -0.25) is 4.98 Å². The van der Waals surface area contributed by atoms with E-state index < -0.39 is 0 Å². The molecule has 0 bridgehead atoms. The zero-order valence-electron chi connectivity index (χ0n) is 13.3. The Morgan fingerprint density at radius 3 is 2.90 bits per heavy atom. The Kier molecular flexibility index (Phi) is 5.04. The summed E-state index contributed by atoms with van der Waals surface area (Å²) in [5.41, 5.74) is 9.53. The molecule has 3 N–H and O–H groups in total. The highest BCUT2D eigenvalue weighted by Gasteiger charge is 2.26. The summed E-state index contributed by atoms with van der Waals surface area (Å²) in [5.74, 6) is 0.149. The molecule has 0 spiro atoms. The summed E-state index contributed by atoms with van der Waals surface area (Å²) in [6, 6.07) is 2.60. The largest absolute Gasteiger partial charge is 0.409 e. The number of pyridine rings is 1. The topological polar surface area (TPSA) is 74.7 Å². The molecule has 1 saturated heterocycles. The van der Waals surface area contributed by atoms with Crippen LogP contribution in [0.4, 0.5) is 5.69 Å². The first-order valence-corrected chi connectivity index (χ1v) is 7.81. The molecule has 2 heterocycles. The van der Waals surface area contributed by atoms with Gasteiger partial charge in [0.1, 0.15) is 0 Å². The molecular formula is C16H26N4O. The number of amidine groups is 1. The van der Waals surface area contributed by atoms with Crippen molar-refractivity contribution in [3.05, 3.63) is 23.0 Å². The van der Waals surface area contributed by atoms with Crippen LogP contribution in [0.5, 0.6) is 0 Å². The van der Waals surface area contributed by atoms with Gasteiger partial charge in [0.2, 0.25) is 0 Å². The lowest BCUT2D eigenvalue weighted by molar-refractivity contribution is 0.318. The van der Waals surface area contributed by atoms with E-state index in [0.29, 0.717) is 6.04 Å². The Bertz CT molecular complexity index is 525. The van der Waals surface area contributed by atoms with Gasteiger partial charge in [0, 0.05) is 18.3 Å². The number of rotatable bonds is 4. The minimum absolute atomic E-state index is 0.149. The average molecular weight is 290 g/mol. The standard InChI is InChI=1S/C16H26N4O/c1-4-7-13-8-5-6-9-20(13)14-10-11(2)18-12(3)15(14)16(17)19-21/h10,13,21H,4-9H2,1-3H3,(H2,17,19). The summed E-state index contributed by atoms with van der Waals surface area (Å²) < 4.78 is 0. The van der Waals surface area contributed by atoms with Gasteiger partial charge in [0.15, 0.2) is 5.84 Å². The van der Waals surface area contributed by atoms with Crippen molar-refractivity contribution in [3.8, 4) is 0 Å². The minimum atomic E-state index is 0.149. The van der Waals surface area contributed by atoms with Crippen LogP contribution in [0.1, 0.15) is 56.0 Å². The van der Waals surface area contributed by atoms with Crippen molar-refractivity contribution in [1.29, 1.82) is 0 Å². The van der Waals surface area contributed by atoms with Crippen LogP contribution in [0.3, 0.4) is 0 Å². The van der Waals surface area contributed by atoms with Gasteiger partial charge in [-0.25, -0.2) is 0 Å². The summed E-state index contributed by atoms with van der Waals surface area (Å²) in [5, 5.41) is 12.3. The SMILES string of the molecule is CCCC1CCCCN1c1cc(C)nc(C)c1/C(N)=N/O. The molecule has 1 fully saturated rings. The predicted octanol–water partition coefficient (Wildman–Crippen LogP) is 2.95. The number of anilines is 1. The molecule has 0 saturated carbocycles. The maximum atomic E-state index is 9.09. The quantitative estimate of drug-likeness (QED) is 0.387. The van der Waals surface area contributed by atoms with Gasteiger partial charge < -0.3 is 15.8 Å². The number of nitrogens with zero attached hydrogens (tertiary/aromatic N) is 3. The molecule has 0 aliphatic carbocycles. The monoisotopic (exact) mass is 290 g/mol. The third-order valence-electron chi connectivity index (χ3n) is 4.23. The molecule has 2 rings (SSSR count). The van der Waals surface area contributed by atoms with E-state index in [1.165, 1.54) is 32.1 Å². The molecule has 116 valence electrons. The van der Waals surface area contributed by atoms with E-state index in [1.807, 2.05) is 13.8 Å². The molecule has 1 aromatic heterocycles. The number of piperidine rings is 1. The number of hydrogen-bond donors (Lipinski definition) is 2. The van der Waals surface area contributed by atoms with E-state index in [1.54, 1.807) is 0 Å². The fourth-order valence-corrected chi connectivity index (χ4v) is 3.35. The van der Waals surface area contributed by atoms with Crippen LogP contribution in [0, 0.1) is 13.8 Å². The van der Waals surface area contributed by atoms with E-state index in [-0.39, 0.29) is 5.84 Å². The summed E-state index contributed by atoms with van der Waals surface area (Å²) in [4.78, 5) is 6.90. The minimum Gasteiger partial charge on any atom is -0.409 e. The molecule has 1 unspecified atom stereocenters. The first-order chi connectivity index (χ1) is 10.1. The van der Waals surface area contributed by atoms with Gasteiger partial charge in [-0.15, -0.1) is 0 Å². The van der Waals surface area contributed by atoms with Gasteiger partial charge in [0.25, 0.3) is 0 Å². The Labute approximate surface area is 126 Å². The van der Waals surface area contributed by atoms with Gasteiger partial charge in [-0.1, -0.05) is 18.5 Å². The third kappa shape index (κ3) is 3.28. The number of nitrogens with two attached hydrogens (primary N) is 1. The molecule has 1 aromatic rings. The van der Waals surface area contributed by atoms with Crippen LogP contribution in [0.2, 0.25) is 0 Å². The smallest absolute Gasteiger partial charge is 0.174 e. The maximum Gasteiger partial charge on any atom is 0.174 e. The Morgan fingerprint density at radius 2 is 2.24 bits per heavy atom. The van der Waals surface area contributed by atoms with Crippen LogP contribution in [-0.2, 0) is 0 Å². The Hall–Kier alpha value is -1.78. The summed E-state index contributed by atoms with van der Waals surface area (Å²) in [7, 11) is 0. The molecule has 5 heteroatoms. The maximum absolute atomic E-state index is 9.09. The molecule has 1 atom stereocenters.